The van der Waals surface area contributed by atoms with Gasteiger partial charge in [-0.3, -0.25) is 14.5 Å². The molecule has 2 amide bonds. The lowest BCUT2D eigenvalue weighted by molar-refractivity contribution is -0.122. The van der Waals surface area contributed by atoms with E-state index in [1.807, 2.05) is 37.5 Å². The van der Waals surface area contributed by atoms with Crippen molar-refractivity contribution in [1.29, 1.82) is 0 Å². The van der Waals surface area contributed by atoms with Crippen LogP contribution in [0.1, 0.15) is 58.3 Å². The van der Waals surface area contributed by atoms with Crippen LogP contribution < -0.4 is 5.32 Å². The number of aliphatic hydroxyl groups excluding tert-OH is 1. The second kappa shape index (κ2) is 11.9. The summed E-state index contributed by atoms with van der Waals surface area (Å²) >= 11 is 0. The van der Waals surface area contributed by atoms with Crippen molar-refractivity contribution in [1.82, 2.24) is 30.1 Å². The van der Waals surface area contributed by atoms with Crippen molar-refractivity contribution in [2.75, 3.05) is 27.2 Å². The van der Waals surface area contributed by atoms with Crippen molar-refractivity contribution in [2.24, 2.45) is 0 Å². The standard InChI is InChI=1S/C34H40N6O3/c1-20-15-23(16-24-19-40(12-10-25(20)24)13-11-31(42)37-28-6-5-7-30(28)41)29-18-36-33-32(38-29)27(17-35-33)22-8-9-26(21(2)14-22)34(43)39(3)4/h8-9,14-18,28,30,41H,5-7,10-13,19H2,1-4H3,(H,35,36)(H,37,42)/t28-,30+/m0/s1. The Hall–Kier alpha value is -4.08. The zero-order chi connectivity index (χ0) is 30.2. The minimum atomic E-state index is -0.416. The lowest BCUT2D eigenvalue weighted by atomic mass is 9.92. The van der Waals surface area contributed by atoms with E-state index in [0.717, 1.165) is 72.2 Å². The van der Waals surface area contributed by atoms with Crippen molar-refractivity contribution in [2.45, 2.75) is 64.6 Å². The summed E-state index contributed by atoms with van der Waals surface area (Å²) in [4.78, 5) is 42.0. The molecular formula is C34H40N6O3. The number of aromatic nitrogens is 3. The highest BCUT2D eigenvalue weighted by molar-refractivity contribution is 5.97. The number of fused-ring (bicyclic) bond motifs is 2. The van der Waals surface area contributed by atoms with Crippen LogP contribution in [-0.4, -0.2) is 81.0 Å². The molecule has 0 spiro atoms. The Morgan fingerprint density at radius 3 is 2.67 bits per heavy atom. The summed E-state index contributed by atoms with van der Waals surface area (Å²) in [7, 11) is 3.52. The summed E-state index contributed by atoms with van der Waals surface area (Å²) in [6, 6.07) is 10.2. The van der Waals surface area contributed by atoms with Crippen LogP contribution in [0.25, 0.3) is 33.5 Å². The van der Waals surface area contributed by atoms with Crippen LogP contribution in [0.15, 0.2) is 42.7 Å². The van der Waals surface area contributed by atoms with Crippen LogP contribution in [0.5, 0.6) is 0 Å². The molecule has 1 saturated carbocycles. The first kappa shape index (κ1) is 29.0. The van der Waals surface area contributed by atoms with E-state index in [1.165, 1.54) is 16.7 Å². The maximum atomic E-state index is 12.5. The number of carbonyl (C=O) groups excluding carboxylic acids is 2. The molecule has 0 bridgehead atoms. The van der Waals surface area contributed by atoms with Gasteiger partial charge in [-0.1, -0.05) is 12.1 Å². The van der Waals surface area contributed by atoms with Gasteiger partial charge < -0.3 is 20.3 Å². The quantitative estimate of drug-likeness (QED) is 0.299. The van der Waals surface area contributed by atoms with Gasteiger partial charge in [-0.05, 0) is 85.5 Å². The van der Waals surface area contributed by atoms with Crippen LogP contribution in [0, 0.1) is 13.8 Å². The van der Waals surface area contributed by atoms with Crippen molar-refractivity contribution in [3.8, 4) is 22.4 Å². The molecule has 0 radical (unpaired) electrons. The number of nitrogens with one attached hydrogen (secondary N) is 2. The molecule has 43 heavy (non-hydrogen) atoms. The first-order valence-corrected chi connectivity index (χ1v) is 15.2. The van der Waals surface area contributed by atoms with Gasteiger partial charge in [0.2, 0.25) is 5.91 Å². The van der Waals surface area contributed by atoms with E-state index in [1.54, 1.807) is 19.0 Å². The molecular weight excluding hydrogens is 540 g/mol. The first-order valence-electron chi connectivity index (χ1n) is 15.2. The third kappa shape index (κ3) is 5.92. The number of hydrogen-bond donors (Lipinski definition) is 3. The number of benzene rings is 2. The van der Waals surface area contributed by atoms with Gasteiger partial charge in [-0.2, -0.15) is 0 Å². The Bertz CT molecular complexity index is 1690. The van der Waals surface area contributed by atoms with Gasteiger partial charge in [0.15, 0.2) is 5.65 Å². The minimum Gasteiger partial charge on any atom is -0.391 e. The number of hydrogen-bond acceptors (Lipinski definition) is 6. The average molecular weight is 581 g/mol. The highest BCUT2D eigenvalue weighted by Crippen LogP contribution is 2.32. The first-order chi connectivity index (χ1) is 20.7. The average Bonchev–Trinajstić information content (AvgIpc) is 3.60. The van der Waals surface area contributed by atoms with Gasteiger partial charge in [0.1, 0.15) is 5.52 Å². The Kier molecular flexibility index (Phi) is 8.03. The number of aliphatic hydroxyl groups is 1. The molecule has 2 aliphatic rings. The lowest BCUT2D eigenvalue weighted by Crippen LogP contribution is -2.41. The maximum absolute atomic E-state index is 12.5. The number of rotatable bonds is 7. The summed E-state index contributed by atoms with van der Waals surface area (Å²) in [5.74, 6) is 0.000252. The summed E-state index contributed by atoms with van der Waals surface area (Å²) in [5, 5.41) is 13.1. The van der Waals surface area contributed by atoms with Crippen LogP contribution in [0.3, 0.4) is 0 Å². The largest absolute Gasteiger partial charge is 0.391 e. The van der Waals surface area contributed by atoms with Crippen molar-refractivity contribution in [3.05, 3.63) is 70.5 Å². The monoisotopic (exact) mass is 580 g/mol. The molecule has 1 aliphatic heterocycles. The van der Waals surface area contributed by atoms with Gasteiger partial charge in [0.25, 0.3) is 5.91 Å². The Morgan fingerprint density at radius 1 is 1.12 bits per heavy atom. The van der Waals surface area contributed by atoms with Gasteiger partial charge in [0.05, 0.1) is 24.0 Å². The molecule has 224 valence electrons. The van der Waals surface area contributed by atoms with E-state index in [9.17, 15) is 14.7 Å². The molecule has 9 heteroatoms. The fourth-order valence-corrected chi connectivity index (χ4v) is 6.53. The summed E-state index contributed by atoms with van der Waals surface area (Å²) in [6.45, 7) is 6.51. The number of amides is 2. The van der Waals surface area contributed by atoms with E-state index >= 15 is 0 Å². The summed E-state index contributed by atoms with van der Waals surface area (Å²) in [6.07, 6.45) is 7.29. The minimum absolute atomic E-state index is 0.0152. The Morgan fingerprint density at radius 2 is 1.93 bits per heavy atom. The molecule has 1 aliphatic carbocycles. The Labute approximate surface area is 252 Å². The zero-order valence-corrected chi connectivity index (χ0v) is 25.4. The highest BCUT2D eigenvalue weighted by Gasteiger charge is 2.27. The molecule has 2 aromatic heterocycles. The summed E-state index contributed by atoms with van der Waals surface area (Å²) < 4.78 is 0. The fraction of sp³-hybridized carbons (Fsp3) is 0.412. The van der Waals surface area contributed by atoms with Gasteiger partial charge in [-0.25, -0.2) is 9.97 Å². The number of H-pyrrole nitrogens is 1. The fourth-order valence-electron chi connectivity index (χ4n) is 6.53. The maximum Gasteiger partial charge on any atom is 0.253 e. The number of aryl methyl sites for hydroxylation is 2. The van der Waals surface area contributed by atoms with Crippen LogP contribution in [-0.2, 0) is 17.8 Å². The third-order valence-electron chi connectivity index (χ3n) is 8.97. The molecule has 2 atom stereocenters. The second-order valence-electron chi connectivity index (χ2n) is 12.3. The van der Waals surface area contributed by atoms with Gasteiger partial charge >= 0.3 is 0 Å². The molecule has 0 unspecified atom stereocenters. The van der Waals surface area contributed by atoms with E-state index < -0.39 is 6.10 Å². The molecule has 6 rings (SSSR count). The van der Waals surface area contributed by atoms with Crippen LogP contribution in [0.2, 0.25) is 0 Å². The molecule has 9 nitrogen and oxygen atoms in total. The number of aromatic amines is 1. The lowest BCUT2D eigenvalue weighted by Gasteiger charge is -2.30. The normalized spacial score (nSPS) is 18.5. The van der Waals surface area contributed by atoms with E-state index in [-0.39, 0.29) is 17.9 Å². The number of carbonyl (C=O) groups is 2. The highest BCUT2D eigenvalue weighted by atomic mass is 16.3. The van der Waals surface area contributed by atoms with E-state index in [2.05, 4.69) is 34.3 Å². The predicted molar refractivity (Wildman–Crippen MR) is 168 cm³/mol. The van der Waals surface area contributed by atoms with Crippen molar-refractivity contribution in [3.63, 3.8) is 0 Å². The van der Waals surface area contributed by atoms with Crippen LogP contribution >= 0.6 is 0 Å². The third-order valence-corrected chi connectivity index (χ3v) is 8.97. The molecule has 3 heterocycles. The smallest absolute Gasteiger partial charge is 0.253 e. The zero-order valence-electron chi connectivity index (χ0n) is 25.4. The van der Waals surface area contributed by atoms with Crippen molar-refractivity contribution < 1.29 is 14.7 Å². The molecule has 2 aromatic carbocycles. The number of nitrogens with zero attached hydrogens (tertiary/aromatic N) is 4. The molecule has 0 saturated heterocycles. The van der Waals surface area contributed by atoms with Crippen LogP contribution in [0.4, 0.5) is 0 Å². The van der Waals surface area contributed by atoms with Gasteiger partial charge in [0, 0.05) is 63.0 Å². The van der Waals surface area contributed by atoms with E-state index in [0.29, 0.717) is 24.2 Å². The molecule has 3 N–H and O–H groups in total. The summed E-state index contributed by atoms with van der Waals surface area (Å²) in [5.41, 5.74) is 10.7. The second-order valence-corrected chi connectivity index (χ2v) is 12.3. The van der Waals surface area contributed by atoms with Gasteiger partial charge in [-0.15, -0.1) is 0 Å². The topological polar surface area (TPSA) is 114 Å². The predicted octanol–water partition coefficient (Wildman–Crippen LogP) is 4.39. The van der Waals surface area contributed by atoms with Crippen molar-refractivity contribution >= 4 is 23.0 Å². The molecule has 4 aromatic rings. The van der Waals surface area contributed by atoms with E-state index in [4.69, 9.17) is 9.97 Å². The Balaban J connectivity index is 1.21. The SMILES string of the molecule is Cc1cc(-c2c[nH]c3ncc(-c4cc(C)c5c(c4)CN(CCC(=O)N[C@H]4CCC[C@H]4O)CC5)nc23)ccc1C(=O)N(C)C. The molecule has 1 fully saturated rings.